The second kappa shape index (κ2) is 7.92. The maximum atomic E-state index is 13.1. The maximum Gasteiger partial charge on any atom is 0.410 e. The molecule has 0 aromatic carbocycles. The molecule has 1 amide bonds. The van der Waals surface area contributed by atoms with E-state index in [1.165, 1.54) is 22.5 Å². The molecule has 2 aliphatic rings. The minimum Gasteiger partial charge on any atom is -0.469 e. The number of hydrogen-bond donors (Lipinski definition) is 0. The number of esters is 1. The molecule has 0 N–H and O–H groups in total. The Labute approximate surface area is 169 Å². The molecule has 29 heavy (non-hydrogen) atoms. The van der Waals surface area contributed by atoms with Gasteiger partial charge in [0.2, 0.25) is 0 Å². The van der Waals surface area contributed by atoms with E-state index in [-0.39, 0.29) is 39.3 Å². The number of methoxy groups -OCH3 is 1. The fourth-order valence-corrected chi connectivity index (χ4v) is 4.68. The number of nitrogens with zero attached hydrogens (tertiary/aromatic N) is 4. The van der Waals surface area contributed by atoms with E-state index in [1.54, 1.807) is 20.8 Å². The van der Waals surface area contributed by atoms with Gasteiger partial charge in [0.25, 0.3) is 0 Å². The zero-order chi connectivity index (χ0) is 21.4. The molecule has 0 radical (unpaired) electrons. The third-order valence-electron chi connectivity index (χ3n) is 4.55. The number of ether oxygens (including phenoxy) is 3. The van der Waals surface area contributed by atoms with Crippen molar-refractivity contribution in [2.45, 2.75) is 51.9 Å². The summed E-state index contributed by atoms with van der Waals surface area (Å²) in [6, 6.07) is -0.668. The predicted octanol–water partition coefficient (Wildman–Crippen LogP) is 0.491. The number of aromatic nitrogens is 2. The number of amides is 1. The number of carbonyl (C=O) groups is 2. The van der Waals surface area contributed by atoms with Gasteiger partial charge in [-0.15, -0.1) is 0 Å². The van der Waals surface area contributed by atoms with Crippen molar-refractivity contribution in [1.29, 1.82) is 0 Å². The summed E-state index contributed by atoms with van der Waals surface area (Å²) in [7, 11) is -2.74. The number of hydrogen-bond acceptors (Lipinski definition) is 8. The Morgan fingerprint density at radius 2 is 2.03 bits per heavy atom. The summed E-state index contributed by atoms with van der Waals surface area (Å²) in [5, 5.41) is 4.18. The lowest BCUT2D eigenvalue weighted by atomic mass is 10.2. The molecule has 12 heteroatoms. The second-order valence-electron chi connectivity index (χ2n) is 7.94. The van der Waals surface area contributed by atoms with Gasteiger partial charge >= 0.3 is 22.3 Å². The number of morpholine rings is 1. The number of fused-ring (bicyclic) bond motifs is 1. The van der Waals surface area contributed by atoms with Gasteiger partial charge in [-0.25, -0.2) is 4.79 Å². The summed E-state index contributed by atoms with van der Waals surface area (Å²) >= 11 is 0. The molecule has 1 saturated heterocycles. The van der Waals surface area contributed by atoms with Gasteiger partial charge in [-0.3, -0.25) is 9.69 Å². The Balaban J connectivity index is 1.75. The van der Waals surface area contributed by atoms with Gasteiger partial charge in [0.1, 0.15) is 5.60 Å². The van der Waals surface area contributed by atoms with Crippen LogP contribution in [0.2, 0.25) is 0 Å². The quantitative estimate of drug-likeness (QED) is 0.633. The monoisotopic (exact) mass is 430 g/mol. The van der Waals surface area contributed by atoms with Crippen LogP contribution in [0.5, 0.6) is 0 Å². The van der Waals surface area contributed by atoms with Gasteiger partial charge in [-0.2, -0.15) is 21.9 Å². The highest BCUT2D eigenvalue weighted by molar-refractivity contribution is 7.87. The summed E-state index contributed by atoms with van der Waals surface area (Å²) in [6.07, 6.45) is 0.819. The molecule has 1 aromatic heterocycles. The molecule has 0 spiro atoms. The molecule has 11 nitrogen and oxygen atoms in total. The van der Waals surface area contributed by atoms with Crippen molar-refractivity contribution in [3.63, 3.8) is 0 Å². The zero-order valence-electron chi connectivity index (χ0n) is 17.0. The van der Waals surface area contributed by atoms with Crippen LogP contribution in [0, 0.1) is 0 Å². The molecule has 3 heterocycles. The first-order valence-corrected chi connectivity index (χ1v) is 10.6. The van der Waals surface area contributed by atoms with Crippen molar-refractivity contribution < 1.29 is 32.2 Å². The van der Waals surface area contributed by atoms with Gasteiger partial charge in [-0.1, -0.05) is 0 Å². The van der Waals surface area contributed by atoms with Crippen molar-refractivity contribution in [3.05, 3.63) is 17.5 Å². The first-order chi connectivity index (χ1) is 13.5. The Morgan fingerprint density at radius 1 is 1.31 bits per heavy atom. The number of carbonyl (C=O) groups excluding carboxylic acids is 2. The summed E-state index contributed by atoms with van der Waals surface area (Å²) in [6.45, 7) is 6.15. The standard InChI is InChI=1S/C17H26N4O7S/c1-17(2,3)28-16(23)19-8-12-9-21(18-14(12)10-19)29(24,25)20-5-6-27-11-13(20)7-15(22)26-4/h9,13H,5-8,10-11H2,1-4H3. The molecule has 162 valence electrons. The van der Waals surface area contributed by atoms with Crippen molar-refractivity contribution in [2.24, 2.45) is 0 Å². The Morgan fingerprint density at radius 3 is 2.66 bits per heavy atom. The van der Waals surface area contributed by atoms with Crippen molar-refractivity contribution >= 4 is 22.3 Å². The first kappa shape index (κ1) is 21.5. The highest BCUT2D eigenvalue weighted by Gasteiger charge is 2.38. The molecule has 3 rings (SSSR count). The zero-order valence-corrected chi connectivity index (χ0v) is 17.8. The fraction of sp³-hybridized carbons (Fsp3) is 0.706. The Kier molecular flexibility index (Phi) is 5.88. The van der Waals surface area contributed by atoms with Gasteiger partial charge in [-0.05, 0) is 20.8 Å². The summed E-state index contributed by atoms with van der Waals surface area (Å²) in [5.41, 5.74) is 0.514. The normalized spacial score (nSPS) is 20.4. The van der Waals surface area contributed by atoms with E-state index >= 15 is 0 Å². The van der Waals surface area contributed by atoms with Crippen molar-refractivity contribution in [1.82, 2.24) is 18.4 Å². The minimum absolute atomic E-state index is 0.0989. The van der Waals surface area contributed by atoms with Crippen LogP contribution >= 0.6 is 0 Å². The smallest absolute Gasteiger partial charge is 0.410 e. The lowest BCUT2D eigenvalue weighted by molar-refractivity contribution is -0.142. The third kappa shape index (κ3) is 4.70. The molecule has 0 bridgehead atoms. The Bertz CT molecular complexity index is 867. The van der Waals surface area contributed by atoms with E-state index in [0.717, 1.165) is 4.09 Å². The van der Waals surface area contributed by atoms with Crippen LogP contribution in [0.3, 0.4) is 0 Å². The average Bonchev–Trinajstić information content (AvgIpc) is 3.20. The van der Waals surface area contributed by atoms with E-state index in [1.807, 2.05) is 0 Å². The van der Waals surface area contributed by atoms with Gasteiger partial charge in [0.05, 0.1) is 51.6 Å². The van der Waals surface area contributed by atoms with Crippen molar-refractivity contribution in [2.75, 3.05) is 26.9 Å². The van der Waals surface area contributed by atoms with Gasteiger partial charge in [0, 0.05) is 18.3 Å². The van der Waals surface area contributed by atoms with Gasteiger partial charge in [0.15, 0.2) is 0 Å². The average molecular weight is 430 g/mol. The minimum atomic E-state index is -3.99. The lowest BCUT2D eigenvalue weighted by Gasteiger charge is -2.33. The van der Waals surface area contributed by atoms with E-state index in [4.69, 9.17) is 9.47 Å². The van der Waals surface area contributed by atoms with E-state index in [2.05, 4.69) is 9.84 Å². The SMILES string of the molecule is COC(=O)CC1COCCN1S(=O)(=O)n1cc2c(n1)CN(C(=O)OC(C)(C)C)C2. The summed E-state index contributed by atoms with van der Waals surface area (Å²) in [5.74, 6) is -0.517. The van der Waals surface area contributed by atoms with Crippen LogP contribution in [0.4, 0.5) is 4.79 Å². The largest absolute Gasteiger partial charge is 0.469 e. The molecular weight excluding hydrogens is 404 g/mol. The van der Waals surface area contributed by atoms with E-state index < -0.39 is 33.9 Å². The molecule has 2 aliphatic heterocycles. The fourth-order valence-electron chi connectivity index (χ4n) is 3.19. The molecule has 1 fully saturated rings. The van der Waals surface area contributed by atoms with E-state index in [9.17, 15) is 18.0 Å². The molecule has 0 aliphatic carbocycles. The molecule has 1 aromatic rings. The Hall–Kier alpha value is -2.18. The molecule has 0 saturated carbocycles. The third-order valence-corrected chi connectivity index (χ3v) is 6.28. The van der Waals surface area contributed by atoms with Gasteiger partial charge < -0.3 is 14.2 Å². The van der Waals surface area contributed by atoms with Crippen LogP contribution in [0.1, 0.15) is 38.4 Å². The van der Waals surface area contributed by atoms with Crippen LogP contribution in [-0.4, -0.2) is 77.4 Å². The molecule has 1 unspecified atom stereocenters. The number of rotatable bonds is 4. The second-order valence-corrected chi connectivity index (χ2v) is 9.68. The predicted molar refractivity (Wildman–Crippen MR) is 100.0 cm³/mol. The van der Waals surface area contributed by atoms with Crippen molar-refractivity contribution in [3.8, 4) is 0 Å². The van der Waals surface area contributed by atoms with E-state index in [0.29, 0.717) is 11.3 Å². The highest BCUT2D eigenvalue weighted by atomic mass is 32.2. The topological polar surface area (TPSA) is 120 Å². The molecular formula is C17H26N4O7S. The van der Waals surface area contributed by atoms with Crippen LogP contribution < -0.4 is 0 Å². The highest BCUT2D eigenvalue weighted by Crippen LogP contribution is 2.25. The first-order valence-electron chi connectivity index (χ1n) is 9.23. The maximum absolute atomic E-state index is 13.1. The lowest BCUT2D eigenvalue weighted by Crippen LogP contribution is -2.51. The molecule has 1 atom stereocenters. The van der Waals surface area contributed by atoms with Crippen LogP contribution in [0.25, 0.3) is 0 Å². The van der Waals surface area contributed by atoms with Crippen LogP contribution in [0.15, 0.2) is 6.20 Å². The summed E-state index contributed by atoms with van der Waals surface area (Å²) < 4.78 is 43.6. The summed E-state index contributed by atoms with van der Waals surface area (Å²) in [4.78, 5) is 25.3. The van der Waals surface area contributed by atoms with Crippen LogP contribution in [-0.2, 0) is 42.3 Å².